The first-order valence-corrected chi connectivity index (χ1v) is 9.33. The average molecular weight is 451 g/mol. The Hall–Kier alpha value is 0.170. The highest BCUT2D eigenvalue weighted by Crippen LogP contribution is 2.53. The van der Waals surface area contributed by atoms with Gasteiger partial charge >= 0.3 is 5.97 Å². The van der Waals surface area contributed by atoms with E-state index in [1.807, 2.05) is 13.8 Å². The summed E-state index contributed by atoms with van der Waals surface area (Å²) >= 11 is 35.6. The molecule has 2 rings (SSSR count). The van der Waals surface area contributed by atoms with Crippen LogP contribution >= 0.6 is 69.6 Å². The fourth-order valence-electron chi connectivity index (χ4n) is 2.79. The predicted octanol–water partition coefficient (Wildman–Crippen LogP) is 7.32. The van der Waals surface area contributed by atoms with Gasteiger partial charge in [0.1, 0.15) is 11.1 Å². The third kappa shape index (κ3) is 4.11. The molecular formula is C16H14Cl6O2. The maximum Gasteiger partial charge on any atom is 0.309 e. The van der Waals surface area contributed by atoms with Crippen molar-refractivity contribution in [3.63, 3.8) is 0 Å². The summed E-state index contributed by atoms with van der Waals surface area (Å²) in [7, 11) is 0. The van der Waals surface area contributed by atoms with Gasteiger partial charge in [-0.25, -0.2) is 0 Å². The van der Waals surface area contributed by atoms with Crippen LogP contribution in [-0.4, -0.2) is 5.97 Å². The molecular weight excluding hydrogens is 437 g/mol. The van der Waals surface area contributed by atoms with Crippen LogP contribution in [0.5, 0.6) is 0 Å². The molecule has 132 valence electrons. The zero-order chi connectivity index (χ0) is 18.2. The quantitative estimate of drug-likeness (QED) is 0.354. The molecule has 0 N–H and O–H groups in total. The maximum absolute atomic E-state index is 12.4. The van der Waals surface area contributed by atoms with Crippen LogP contribution in [-0.2, 0) is 16.1 Å². The molecule has 2 nitrogen and oxygen atoms in total. The largest absolute Gasteiger partial charge is 0.460 e. The van der Waals surface area contributed by atoms with E-state index in [-0.39, 0.29) is 54.4 Å². The molecule has 0 amide bonds. The minimum atomic E-state index is -0.335. The highest BCUT2D eigenvalue weighted by Gasteiger charge is 2.51. The van der Waals surface area contributed by atoms with Crippen LogP contribution in [0.15, 0.2) is 16.6 Å². The molecule has 0 aliphatic heterocycles. The van der Waals surface area contributed by atoms with Crippen LogP contribution < -0.4 is 0 Å². The number of allylic oxidation sites excluding steroid dienone is 1. The molecule has 0 heterocycles. The number of hydrogen-bond acceptors (Lipinski definition) is 2. The SMILES string of the molecule is CC1(C)C(C=C(Cl)Cl)CC1C(=O)OCc1c(Cl)c(Cl)cc(Cl)c1Cl. The molecule has 0 aromatic heterocycles. The minimum Gasteiger partial charge on any atom is -0.460 e. The van der Waals surface area contributed by atoms with E-state index >= 15 is 0 Å². The van der Waals surface area contributed by atoms with Gasteiger partial charge in [0.15, 0.2) is 0 Å². The Morgan fingerprint density at radius 2 is 1.75 bits per heavy atom. The van der Waals surface area contributed by atoms with Crippen LogP contribution in [0, 0.1) is 17.3 Å². The number of ether oxygens (including phenoxy) is 1. The Bertz CT molecular complexity index is 668. The van der Waals surface area contributed by atoms with Gasteiger partial charge < -0.3 is 4.74 Å². The summed E-state index contributed by atoms with van der Waals surface area (Å²) in [4.78, 5) is 12.4. The summed E-state index contributed by atoms with van der Waals surface area (Å²) < 4.78 is 5.58. The van der Waals surface area contributed by atoms with Gasteiger partial charge in [-0.15, -0.1) is 0 Å². The van der Waals surface area contributed by atoms with Crippen LogP contribution in [0.1, 0.15) is 25.8 Å². The molecule has 1 aliphatic rings. The van der Waals surface area contributed by atoms with E-state index in [0.29, 0.717) is 12.0 Å². The molecule has 0 radical (unpaired) electrons. The number of hydrogen-bond donors (Lipinski definition) is 0. The number of carbonyl (C=O) groups is 1. The van der Waals surface area contributed by atoms with Gasteiger partial charge in [0.2, 0.25) is 0 Å². The topological polar surface area (TPSA) is 26.3 Å². The fourth-order valence-corrected chi connectivity index (χ4v) is 4.05. The minimum absolute atomic E-state index is 0.0971. The van der Waals surface area contributed by atoms with E-state index in [9.17, 15) is 4.79 Å². The summed E-state index contributed by atoms with van der Waals surface area (Å²) in [6.07, 6.45) is 2.36. The molecule has 0 bridgehead atoms. The maximum atomic E-state index is 12.4. The smallest absolute Gasteiger partial charge is 0.309 e. The van der Waals surface area contributed by atoms with Gasteiger partial charge in [-0.05, 0) is 23.8 Å². The monoisotopic (exact) mass is 448 g/mol. The second-order valence-corrected chi connectivity index (χ2v) is 8.81. The molecule has 2 unspecified atom stereocenters. The van der Waals surface area contributed by atoms with Crippen molar-refractivity contribution >= 4 is 75.6 Å². The second kappa shape index (κ2) is 7.82. The van der Waals surface area contributed by atoms with Gasteiger partial charge in [-0.1, -0.05) is 89.5 Å². The van der Waals surface area contributed by atoms with Crippen molar-refractivity contribution in [2.45, 2.75) is 26.9 Å². The predicted molar refractivity (Wildman–Crippen MR) is 101 cm³/mol. The zero-order valence-corrected chi connectivity index (χ0v) is 17.3. The standard InChI is InChI=1S/C16H14Cl6O2/c1-16(2)7(4-12(19)20)3-9(16)15(23)24-6-8-13(21)10(17)5-11(18)14(8)22/h4-5,7,9H,3,6H2,1-2H3. The van der Waals surface area contributed by atoms with Crippen molar-refractivity contribution in [2.24, 2.45) is 17.3 Å². The third-order valence-corrected chi connectivity index (χ3v) is 6.42. The highest BCUT2D eigenvalue weighted by molar-refractivity contribution is 6.55. The Labute approximate surface area is 170 Å². The number of benzene rings is 1. The van der Waals surface area contributed by atoms with Crippen LogP contribution in [0.4, 0.5) is 0 Å². The first kappa shape index (κ1) is 20.5. The summed E-state index contributed by atoms with van der Waals surface area (Å²) in [5.41, 5.74) is 0.0904. The van der Waals surface area contributed by atoms with E-state index in [1.54, 1.807) is 6.08 Å². The Kier molecular flexibility index (Phi) is 6.67. The van der Waals surface area contributed by atoms with E-state index < -0.39 is 0 Å². The molecule has 1 aromatic carbocycles. The summed E-state index contributed by atoms with van der Waals surface area (Å²) in [6.45, 7) is 3.84. The molecule has 1 aliphatic carbocycles. The van der Waals surface area contributed by atoms with Gasteiger partial charge in [-0.2, -0.15) is 0 Å². The molecule has 1 aromatic rings. The molecule has 0 spiro atoms. The van der Waals surface area contributed by atoms with E-state index in [4.69, 9.17) is 74.3 Å². The number of rotatable bonds is 4. The number of esters is 1. The summed E-state index contributed by atoms with van der Waals surface area (Å²) in [6, 6.07) is 1.45. The molecule has 1 saturated carbocycles. The molecule has 2 atom stereocenters. The summed E-state index contributed by atoms with van der Waals surface area (Å²) in [5, 5.41) is 0.953. The van der Waals surface area contributed by atoms with E-state index in [0.717, 1.165) is 0 Å². The number of carbonyl (C=O) groups excluding carboxylic acids is 1. The summed E-state index contributed by atoms with van der Waals surface area (Å²) in [5.74, 6) is -0.481. The van der Waals surface area contributed by atoms with Crippen molar-refractivity contribution in [1.82, 2.24) is 0 Å². The lowest BCUT2D eigenvalue weighted by atomic mass is 9.55. The van der Waals surface area contributed by atoms with Gasteiger partial charge in [0, 0.05) is 5.56 Å². The second-order valence-electron chi connectivity index (χ2n) is 6.23. The zero-order valence-electron chi connectivity index (χ0n) is 12.8. The molecule has 8 heteroatoms. The molecule has 1 fully saturated rings. The van der Waals surface area contributed by atoms with Crippen molar-refractivity contribution in [3.05, 3.63) is 42.3 Å². The fraction of sp³-hybridized carbons (Fsp3) is 0.438. The molecule has 24 heavy (non-hydrogen) atoms. The van der Waals surface area contributed by atoms with Crippen LogP contribution in [0.3, 0.4) is 0 Å². The van der Waals surface area contributed by atoms with Crippen LogP contribution in [0.2, 0.25) is 20.1 Å². The van der Waals surface area contributed by atoms with Crippen LogP contribution in [0.25, 0.3) is 0 Å². The lowest BCUT2D eigenvalue weighted by molar-refractivity contribution is -0.164. The lowest BCUT2D eigenvalue weighted by Crippen LogP contribution is -2.48. The van der Waals surface area contributed by atoms with Gasteiger partial charge in [-0.3, -0.25) is 4.79 Å². The van der Waals surface area contributed by atoms with Crippen molar-refractivity contribution in [1.29, 1.82) is 0 Å². The Balaban J connectivity index is 2.07. The van der Waals surface area contributed by atoms with Gasteiger partial charge in [0.05, 0.1) is 26.0 Å². The average Bonchev–Trinajstić information content (AvgIpc) is 2.48. The first-order valence-electron chi connectivity index (χ1n) is 7.07. The highest BCUT2D eigenvalue weighted by atomic mass is 35.5. The first-order chi connectivity index (χ1) is 11.1. The van der Waals surface area contributed by atoms with E-state index in [1.165, 1.54) is 6.07 Å². The van der Waals surface area contributed by atoms with Crippen molar-refractivity contribution in [3.8, 4) is 0 Å². The normalized spacial score (nSPS) is 21.8. The van der Waals surface area contributed by atoms with Gasteiger partial charge in [0.25, 0.3) is 0 Å². The Morgan fingerprint density at radius 3 is 2.21 bits per heavy atom. The van der Waals surface area contributed by atoms with E-state index in [2.05, 4.69) is 0 Å². The Morgan fingerprint density at radius 1 is 1.21 bits per heavy atom. The third-order valence-electron chi connectivity index (χ3n) is 4.52. The van der Waals surface area contributed by atoms with Crippen molar-refractivity contribution in [2.75, 3.05) is 0 Å². The lowest BCUT2D eigenvalue weighted by Gasteiger charge is -2.49. The molecule has 0 saturated heterocycles. The number of halogens is 6. The van der Waals surface area contributed by atoms with Crippen molar-refractivity contribution < 1.29 is 9.53 Å².